The van der Waals surface area contributed by atoms with Gasteiger partial charge in [-0.05, 0) is 32.7 Å². The maximum absolute atomic E-state index is 12.6. The molecule has 2 aliphatic heterocycles. The lowest BCUT2D eigenvalue weighted by Crippen LogP contribution is -2.56. The molecule has 114 valence electrons. The summed E-state index contributed by atoms with van der Waals surface area (Å²) in [6.07, 6.45) is 2.57. The van der Waals surface area contributed by atoms with E-state index in [9.17, 15) is 14.7 Å². The number of rotatable bonds is 4. The van der Waals surface area contributed by atoms with E-state index in [1.807, 2.05) is 6.92 Å². The molecule has 3 atom stereocenters. The molecule has 2 aliphatic rings. The van der Waals surface area contributed by atoms with Gasteiger partial charge in [0.1, 0.15) is 5.41 Å². The average molecular weight is 284 g/mol. The fourth-order valence-corrected chi connectivity index (χ4v) is 3.02. The molecule has 0 radical (unpaired) electrons. The van der Waals surface area contributed by atoms with Crippen molar-refractivity contribution in [2.24, 2.45) is 10.8 Å². The standard InChI is InChI=1S/C14H24N2O4/c1-3-14(5-4-6-15-8-14)11(17)16-10-7-20-9-13(10,2)12(18)19/h10,15H,3-9H2,1-2H3,(H,16,17)(H,18,19). The Morgan fingerprint density at radius 1 is 1.50 bits per heavy atom. The van der Waals surface area contributed by atoms with Gasteiger partial charge in [0.25, 0.3) is 0 Å². The van der Waals surface area contributed by atoms with Crippen LogP contribution < -0.4 is 10.6 Å². The highest BCUT2D eigenvalue weighted by molar-refractivity contribution is 5.85. The minimum absolute atomic E-state index is 0.0461. The van der Waals surface area contributed by atoms with Crippen LogP contribution >= 0.6 is 0 Å². The number of nitrogens with one attached hydrogen (secondary N) is 2. The Balaban J connectivity index is 2.08. The summed E-state index contributed by atoms with van der Waals surface area (Å²) in [6, 6.07) is -0.460. The van der Waals surface area contributed by atoms with Crippen LogP contribution in [0.3, 0.4) is 0 Å². The summed E-state index contributed by atoms with van der Waals surface area (Å²) >= 11 is 0. The highest BCUT2D eigenvalue weighted by Crippen LogP contribution is 2.33. The highest BCUT2D eigenvalue weighted by Gasteiger charge is 2.49. The molecule has 1 amide bonds. The largest absolute Gasteiger partial charge is 0.481 e. The van der Waals surface area contributed by atoms with Crippen LogP contribution in [-0.4, -0.2) is 49.3 Å². The van der Waals surface area contributed by atoms with E-state index in [1.165, 1.54) is 0 Å². The molecule has 2 fully saturated rings. The van der Waals surface area contributed by atoms with Crippen molar-refractivity contribution in [1.82, 2.24) is 10.6 Å². The normalized spacial score (nSPS) is 37.6. The molecule has 0 saturated carbocycles. The fraction of sp³-hybridized carbons (Fsp3) is 0.857. The third-order valence-electron chi connectivity index (χ3n) is 4.88. The van der Waals surface area contributed by atoms with Crippen LogP contribution in [0, 0.1) is 10.8 Å². The Labute approximate surface area is 119 Å². The van der Waals surface area contributed by atoms with Gasteiger partial charge in [-0.15, -0.1) is 0 Å². The Morgan fingerprint density at radius 3 is 2.80 bits per heavy atom. The van der Waals surface area contributed by atoms with E-state index in [-0.39, 0.29) is 19.1 Å². The lowest BCUT2D eigenvalue weighted by Gasteiger charge is -2.37. The van der Waals surface area contributed by atoms with Crippen molar-refractivity contribution in [3.63, 3.8) is 0 Å². The van der Waals surface area contributed by atoms with Crippen molar-refractivity contribution in [3.05, 3.63) is 0 Å². The van der Waals surface area contributed by atoms with Crippen LogP contribution in [-0.2, 0) is 14.3 Å². The Kier molecular flexibility index (Phi) is 4.34. The smallest absolute Gasteiger partial charge is 0.313 e. The Bertz CT molecular complexity index is 393. The molecule has 2 heterocycles. The van der Waals surface area contributed by atoms with Gasteiger partial charge in [-0.2, -0.15) is 0 Å². The van der Waals surface area contributed by atoms with Crippen molar-refractivity contribution in [3.8, 4) is 0 Å². The van der Waals surface area contributed by atoms with Crippen LogP contribution in [0.25, 0.3) is 0 Å². The molecule has 0 bridgehead atoms. The number of carboxylic acids is 1. The molecule has 0 aliphatic carbocycles. The first kappa shape index (κ1) is 15.3. The number of hydrogen-bond donors (Lipinski definition) is 3. The summed E-state index contributed by atoms with van der Waals surface area (Å²) in [5, 5.41) is 15.5. The number of carbonyl (C=O) groups is 2. The molecule has 6 nitrogen and oxygen atoms in total. The zero-order chi connectivity index (χ0) is 14.8. The predicted octanol–water partition coefficient (Wildman–Crippen LogP) is 0.372. The number of ether oxygens (including phenoxy) is 1. The maximum atomic E-state index is 12.6. The minimum Gasteiger partial charge on any atom is -0.481 e. The van der Waals surface area contributed by atoms with Gasteiger partial charge < -0.3 is 20.5 Å². The highest BCUT2D eigenvalue weighted by atomic mass is 16.5. The Hall–Kier alpha value is -1.14. The quantitative estimate of drug-likeness (QED) is 0.694. The number of piperidine rings is 1. The molecule has 2 rings (SSSR count). The fourth-order valence-electron chi connectivity index (χ4n) is 3.02. The van der Waals surface area contributed by atoms with Crippen LogP contribution in [0.5, 0.6) is 0 Å². The van der Waals surface area contributed by atoms with Crippen LogP contribution in [0.4, 0.5) is 0 Å². The minimum atomic E-state index is -1.04. The topological polar surface area (TPSA) is 87.7 Å². The number of carbonyl (C=O) groups excluding carboxylic acids is 1. The van der Waals surface area contributed by atoms with E-state index in [0.717, 1.165) is 25.8 Å². The van der Waals surface area contributed by atoms with Crippen LogP contribution in [0.1, 0.15) is 33.1 Å². The molecular weight excluding hydrogens is 260 g/mol. The zero-order valence-electron chi connectivity index (χ0n) is 12.2. The third-order valence-corrected chi connectivity index (χ3v) is 4.88. The summed E-state index contributed by atoms with van der Waals surface area (Å²) in [5.41, 5.74) is -1.45. The number of amides is 1. The zero-order valence-corrected chi connectivity index (χ0v) is 12.2. The van der Waals surface area contributed by atoms with E-state index >= 15 is 0 Å². The molecule has 0 aromatic carbocycles. The van der Waals surface area contributed by atoms with Crippen molar-refractivity contribution in [2.45, 2.75) is 39.2 Å². The molecule has 0 aromatic heterocycles. The van der Waals surface area contributed by atoms with Crippen molar-refractivity contribution in [1.29, 1.82) is 0 Å². The molecule has 6 heteroatoms. The van der Waals surface area contributed by atoms with Gasteiger partial charge in [0, 0.05) is 6.54 Å². The summed E-state index contributed by atoms with van der Waals surface area (Å²) in [5.74, 6) is -0.970. The third kappa shape index (κ3) is 2.54. The first-order valence-corrected chi connectivity index (χ1v) is 7.27. The van der Waals surface area contributed by atoms with E-state index in [1.54, 1.807) is 6.92 Å². The number of hydrogen-bond acceptors (Lipinski definition) is 4. The second-order valence-corrected chi connectivity index (χ2v) is 6.18. The van der Waals surface area contributed by atoms with Gasteiger partial charge in [0.15, 0.2) is 0 Å². The summed E-state index contributed by atoms with van der Waals surface area (Å²) < 4.78 is 5.28. The van der Waals surface area contributed by atoms with Gasteiger partial charge in [0.05, 0.1) is 24.7 Å². The van der Waals surface area contributed by atoms with Crippen LogP contribution in [0.2, 0.25) is 0 Å². The molecule has 0 spiro atoms. The van der Waals surface area contributed by atoms with Crippen LogP contribution in [0.15, 0.2) is 0 Å². The van der Waals surface area contributed by atoms with Gasteiger partial charge in [-0.3, -0.25) is 9.59 Å². The summed E-state index contributed by atoms with van der Waals surface area (Å²) in [7, 11) is 0. The number of carboxylic acid groups (broad SMARTS) is 1. The second kappa shape index (κ2) is 5.69. The van der Waals surface area contributed by atoms with Crippen molar-refractivity contribution < 1.29 is 19.4 Å². The lowest BCUT2D eigenvalue weighted by atomic mass is 9.76. The van der Waals surface area contributed by atoms with E-state index in [4.69, 9.17) is 4.74 Å². The van der Waals surface area contributed by atoms with E-state index in [0.29, 0.717) is 6.54 Å². The van der Waals surface area contributed by atoms with E-state index < -0.39 is 22.8 Å². The predicted molar refractivity (Wildman–Crippen MR) is 73.3 cm³/mol. The van der Waals surface area contributed by atoms with Gasteiger partial charge in [-0.25, -0.2) is 0 Å². The van der Waals surface area contributed by atoms with Gasteiger partial charge in [0.2, 0.25) is 5.91 Å². The monoisotopic (exact) mass is 284 g/mol. The average Bonchev–Trinajstić information content (AvgIpc) is 2.82. The molecule has 2 saturated heterocycles. The molecule has 0 aromatic rings. The molecule has 3 unspecified atom stereocenters. The lowest BCUT2D eigenvalue weighted by molar-refractivity contribution is -0.149. The van der Waals surface area contributed by atoms with Gasteiger partial charge >= 0.3 is 5.97 Å². The van der Waals surface area contributed by atoms with Crippen molar-refractivity contribution in [2.75, 3.05) is 26.3 Å². The summed E-state index contributed by atoms with van der Waals surface area (Å²) in [6.45, 7) is 5.65. The second-order valence-electron chi connectivity index (χ2n) is 6.18. The van der Waals surface area contributed by atoms with Gasteiger partial charge in [-0.1, -0.05) is 6.92 Å². The maximum Gasteiger partial charge on any atom is 0.313 e. The summed E-state index contributed by atoms with van der Waals surface area (Å²) in [4.78, 5) is 24.0. The molecule has 20 heavy (non-hydrogen) atoms. The molecular formula is C14H24N2O4. The first-order valence-electron chi connectivity index (χ1n) is 7.27. The SMILES string of the molecule is CCC1(C(=O)NC2COCC2(C)C(=O)O)CCCNC1. The van der Waals surface area contributed by atoms with E-state index in [2.05, 4.69) is 10.6 Å². The molecule has 3 N–H and O–H groups in total. The number of aliphatic carboxylic acids is 1. The first-order chi connectivity index (χ1) is 9.44. The Morgan fingerprint density at radius 2 is 2.25 bits per heavy atom. The van der Waals surface area contributed by atoms with Crippen molar-refractivity contribution >= 4 is 11.9 Å².